The maximum absolute atomic E-state index is 13.7. The molecule has 7 heteroatoms. The van der Waals surface area contributed by atoms with Crippen LogP contribution in [-0.2, 0) is 20.9 Å². The maximum atomic E-state index is 13.7. The summed E-state index contributed by atoms with van der Waals surface area (Å²) in [6.45, 7) is 2.21. The van der Waals surface area contributed by atoms with Crippen LogP contribution in [-0.4, -0.2) is 63.4 Å². The van der Waals surface area contributed by atoms with Crippen molar-refractivity contribution in [3.05, 3.63) is 60.2 Å². The fraction of sp³-hybridized carbons (Fsp3) is 0.455. The zero-order valence-electron chi connectivity index (χ0n) is 16.2. The second-order valence-corrected chi connectivity index (χ2v) is 8.12. The number of pyridine rings is 2. The van der Waals surface area contributed by atoms with Crippen molar-refractivity contribution in [1.29, 1.82) is 0 Å². The third-order valence-corrected chi connectivity index (χ3v) is 6.17. The molecule has 2 saturated heterocycles. The van der Waals surface area contributed by atoms with Crippen LogP contribution in [0.3, 0.4) is 0 Å². The van der Waals surface area contributed by atoms with Crippen LogP contribution >= 0.6 is 0 Å². The van der Waals surface area contributed by atoms with E-state index in [4.69, 9.17) is 4.74 Å². The van der Waals surface area contributed by atoms with Gasteiger partial charge in [0.1, 0.15) is 0 Å². The second-order valence-electron chi connectivity index (χ2n) is 8.12. The topological polar surface area (TPSA) is 75.6 Å². The van der Waals surface area contributed by atoms with Gasteiger partial charge in [-0.25, -0.2) is 0 Å². The summed E-state index contributed by atoms with van der Waals surface area (Å²) in [6, 6.07) is 9.55. The lowest BCUT2D eigenvalue weighted by atomic mass is 9.83. The lowest BCUT2D eigenvalue weighted by molar-refractivity contribution is -0.173. The van der Waals surface area contributed by atoms with Gasteiger partial charge in [-0.3, -0.25) is 19.6 Å². The Morgan fingerprint density at radius 2 is 2.10 bits per heavy atom. The van der Waals surface area contributed by atoms with Gasteiger partial charge in [0.05, 0.1) is 25.4 Å². The molecular weight excluding hydrogens is 368 g/mol. The highest BCUT2D eigenvalue weighted by molar-refractivity contribution is 5.90. The molecule has 0 unspecified atom stereocenters. The quantitative estimate of drug-likeness (QED) is 0.790. The first-order chi connectivity index (χ1) is 14.2. The number of nitrogens with zero attached hydrogens (tertiary/aromatic N) is 4. The monoisotopic (exact) mass is 392 g/mol. The van der Waals surface area contributed by atoms with Gasteiger partial charge in [-0.05, 0) is 36.6 Å². The lowest BCUT2D eigenvalue weighted by Gasteiger charge is -2.42. The molecular formula is C22H24N4O3. The minimum atomic E-state index is -1.05. The number of hydrogen-bond acceptors (Lipinski definition) is 5. The van der Waals surface area contributed by atoms with Crippen LogP contribution in [0, 0.1) is 5.92 Å². The minimum Gasteiger partial charge on any atom is -0.361 e. The van der Waals surface area contributed by atoms with Crippen molar-refractivity contribution in [2.75, 3.05) is 26.2 Å². The largest absolute Gasteiger partial charge is 0.361 e. The fourth-order valence-electron chi connectivity index (χ4n) is 4.51. The molecule has 2 atom stereocenters. The number of morpholine rings is 1. The van der Waals surface area contributed by atoms with Crippen molar-refractivity contribution < 1.29 is 14.3 Å². The Balaban J connectivity index is 1.47. The maximum Gasteiger partial charge on any atom is 0.257 e. The molecule has 29 heavy (non-hydrogen) atoms. The van der Waals surface area contributed by atoms with Gasteiger partial charge >= 0.3 is 0 Å². The van der Waals surface area contributed by atoms with Gasteiger partial charge in [-0.1, -0.05) is 12.1 Å². The lowest BCUT2D eigenvalue weighted by Crippen LogP contribution is -2.60. The molecule has 2 aliphatic heterocycles. The van der Waals surface area contributed by atoms with Crippen LogP contribution in [0.1, 0.15) is 30.0 Å². The molecule has 4 heterocycles. The van der Waals surface area contributed by atoms with Crippen molar-refractivity contribution in [3.8, 4) is 0 Å². The highest BCUT2D eigenvalue weighted by Gasteiger charge is 2.58. The molecule has 0 aromatic carbocycles. The first-order valence-corrected chi connectivity index (χ1v) is 10.2. The standard InChI is InChI=1S/C22H24N4O3/c27-20(16-6-7-16)26-14-19(17-4-3-8-23-12-17)22(15-26)21(28)25(10-11-29-22)13-18-5-1-2-9-24-18/h1-5,8-9,12,16,19H,6-7,10-11,13-15H2/t19-,22-/m1/s1. The molecule has 0 N–H and O–H groups in total. The van der Waals surface area contributed by atoms with Crippen molar-refractivity contribution in [1.82, 2.24) is 19.8 Å². The van der Waals surface area contributed by atoms with E-state index in [1.165, 1.54) is 0 Å². The highest BCUT2D eigenvalue weighted by atomic mass is 16.5. The third-order valence-electron chi connectivity index (χ3n) is 6.17. The molecule has 2 amide bonds. The van der Waals surface area contributed by atoms with Crippen LogP contribution in [0.5, 0.6) is 0 Å². The molecule has 5 rings (SSSR count). The average molecular weight is 392 g/mol. The van der Waals surface area contributed by atoms with Crippen LogP contribution < -0.4 is 0 Å². The Morgan fingerprint density at radius 3 is 2.83 bits per heavy atom. The van der Waals surface area contributed by atoms with Crippen molar-refractivity contribution in [2.24, 2.45) is 5.92 Å². The smallest absolute Gasteiger partial charge is 0.257 e. The van der Waals surface area contributed by atoms with Crippen molar-refractivity contribution in [2.45, 2.75) is 30.9 Å². The number of likely N-dealkylation sites (tertiary alicyclic amines) is 1. The molecule has 150 valence electrons. The van der Waals surface area contributed by atoms with Crippen LogP contribution in [0.4, 0.5) is 0 Å². The summed E-state index contributed by atoms with van der Waals surface area (Å²) in [5.74, 6) is -0.0238. The molecule has 3 fully saturated rings. The van der Waals surface area contributed by atoms with E-state index in [2.05, 4.69) is 9.97 Å². The van der Waals surface area contributed by atoms with Crippen molar-refractivity contribution >= 4 is 11.8 Å². The summed E-state index contributed by atoms with van der Waals surface area (Å²) < 4.78 is 6.22. The Kier molecular flexibility index (Phi) is 4.54. The highest BCUT2D eigenvalue weighted by Crippen LogP contribution is 2.44. The molecule has 1 saturated carbocycles. The summed E-state index contributed by atoms with van der Waals surface area (Å²) in [5.41, 5.74) is 0.729. The fourth-order valence-corrected chi connectivity index (χ4v) is 4.51. The Labute approximate surface area is 169 Å². The van der Waals surface area contributed by atoms with Gasteiger partial charge in [0.15, 0.2) is 5.60 Å². The molecule has 2 aromatic rings. The van der Waals surface area contributed by atoms with Gasteiger partial charge in [-0.15, -0.1) is 0 Å². The molecule has 2 aromatic heterocycles. The van der Waals surface area contributed by atoms with Crippen molar-refractivity contribution in [3.63, 3.8) is 0 Å². The van der Waals surface area contributed by atoms with Crippen LogP contribution in [0.25, 0.3) is 0 Å². The van der Waals surface area contributed by atoms with Gasteiger partial charge < -0.3 is 14.5 Å². The van der Waals surface area contributed by atoms with Crippen LogP contribution in [0.15, 0.2) is 48.9 Å². The summed E-state index contributed by atoms with van der Waals surface area (Å²) >= 11 is 0. The molecule has 7 nitrogen and oxygen atoms in total. The Hall–Kier alpha value is -2.80. The van der Waals surface area contributed by atoms with E-state index in [1.807, 2.05) is 40.1 Å². The number of rotatable bonds is 4. The number of ether oxygens (including phenoxy) is 1. The number of amides is 2. The molecule has 0 radical (unpaired) electrons. The first kappa shape index (κ1) is 18.2. The first-order valence-electron chi connectivity index (χ1n) is 10.2. The van der Waals surface area contributed by atoms with Gasteiger partial charge in [-0.2, -0.15) is 0 Å². The molecule has 1 aliphatic carbocycles. The predicted molar refractivity (Wildman–Crippen MR) is 105 cm³/mol. The van der Waals surface area contributed by atoms with E-state index in [-0.39, 0.29) is 23.7 Å². The summed E-state index contributed by atoms with van der Waals surface area (Å²) in [6.07, 6.45) is 7.13. The van der Waals surface area contributed by atoms with E-state index in [9.17, 15) is 9.59 Å². The van der Waals surface area contributed by atoms with Crippen LogP contribution in [0.2, 0.25) is 0 Å². The minimum absolute atomic E-state index is 0.0608. The van der Waals surface area contributed by atoms with Gasteiger partial charge in [0.25, 0.3) is 5.91 Å². The van der Waals surface area contributed by atoms with Gasteiger partial charge in [0, 0.05) is 43.5 Å². The summed E-state index contributed by atoms with van der Waals surface area (Å²) in [7, 11) is 0. The average Bonchev–Trinajstić information content (AvgIpc) is 3.54. The van der Waals surface area contributed by atoms with E-state index >= 15 is 0 Å². The summed E-state index contributed by atoms with van der Waals surface area (Å²) in [5, 5.41) is 0. The second kappa shape index (κ2) is 7.22. The third kappa shape index (κ3) is 3.29. The summed E-state index contributed by atoms with van der Waals surface area (Å²) in [4.78, 5) is 38.8. The SMILES string of the molecule is O=C(C1CC1)N1C[C@H](c2cccnc2)[C@@]2(C1)OCCN(Cc1ccccn1)C2=O. The Bertz CT molecular complexity index is 903. The predicted octanol–water partition coefficient (Wildman–Crippen LogP) is 1.61. The van der Waals surface area contributed by atoms with E-state index < -0.39 is 5.60 Å². The molecule has 0 bridgehead atoms. The zero-order chi connectivity index (χ0) is 19.8. The van der Waals surface area contributed by atoms with Gasteiger partial charge in [0.2, 0.25) is 5.91 Å². The Morgan fingerprint density at radius 1 is 1.21 bits per heavy atom. The van der Waals surface area contributed by atoms with E-state index in [1.54, 1.807) is 18.6 Å². The normalized spacial score (nSPS) is 26.9. The van der Waals surface area contributed by atoms with E-state index in [0.717, 1.165) is 24.1 Å². The van der Waals surface area contributed by atoms with E-state index in [0.29, 0.717) is 32.8 Å². The number of carbonyl (C=O) groups excluding carboxylic acids is 2. The number of carbonyl (C=O) groups is 2. The zero-order valence-corrected chi connectivity index (χ0v) is 16.2. The number of aromatic nitrogens is 2. The number of hydrogen-bond donors (Lipinski definition) is 0. The molecule has 3 aliphatic rings. The molecule has 1 spiro atoms.